The fraction of sp³-hybridized carbons (Fsp3) is 0.778. The van der Waals surface area contributed by atoms with Gasteiger partial charge in [-0.05, 0) is 53.4 Å². The molecule has 136 valence electrons. The van der Waals surface area contributed by atoms with Crippen LogP contribution in [0.1, 0.15) is 102 Å². The van der Waals surface area contributed by atoms with Crippen molar-refractivity contribution in [3.05, 3.63) is 22.8 Å². The molecule has 0 fully saturated rings. The van der Waals surface area contributed by atoms with Gasteiger partial charge in [-0.1, -0.05) is 38.1 Å². The second kappa shape index (κ2) is 8.40. The van der Waals surface area contributed by atoms with Gasteiger partial charge in [0.05, 0.1) is 22.8 Å². The van der Waals surface area contributed by atoms with E-state index < -0.39 is 0 Å². The summed E-state index contributed by atoms with van der Waals surface area (Å²) in [5.74, 6) is 0.972. The van der Waals surface area contributed by atoms with Crippen LogP contribution in [0, 0.1) is 13.8 Å². The minimum absolute atomic E-state index is 0.406. The predicted molar refractivity (Wildman–Crippen MR) is 98.5 cm³/mol. The van der Waals surface area contributed by atoms with Crippen LogP contribution >= 0.6 is 0 Å². The van der Waals surface area contributed by atoms with Gasteiger partial charge in [-0.3, -0.25) is 0 Å². The Labute approximate surface area is 146 Å². The average Bonchev–Trinajstić information content (AvgIpc) is 3.02. The number of hydrogen-bond donors (Lipinski definition) is 0. The standard InChI is InChI=1S/2C9H17N3/c1-6(2)9-8(5)12(7(3)4)11-10-9;1-6(2)9-8(5)10-11-12(9)7(3)4/h2*6-7H,1-5H3. The number of aromatic nitrogens is 6. The topological polar surface area (TPSA) is 61.4 Å². The Kier molecular flexibility index (Phi) is 7.11. The Bertz CT molecular complexity index is 608. The van der Waals surface area contributed by atoms with Crippen molar-refractivity contribution in [3.8, 4) is 0 Å². The third-order valence-electron chi connectivity index (χ3n) is 3.94. The molecule has 0 amide bonds. The van der Waals surface area contributed by atoms with Gasteiger partial charge < -0.3 is 0 Å². The van der Waals surface area contributed by atoms with E-state index in [1.54, 1.807) is 0 Å². The molecule has 6 heteroatoms. The van der Waals surface area contributed by atoms with Crippen molar-refractivity contribution < 1.29 is 0 Å². The van der Waals surface area contributed by atoms with Crippen molar-refractivity contribution >= 4 is 0 Å². The zero-order chi connectivity index (χ0) is 18.6. The molecule has 0 atom stereocenters. The van der Waals surface area contributed by atoms with Gasteiger partial charge in [0.1, 0.15) is 0 Å². The lowest BCUT2D eigenvalue weighted by Crippen LogP contribution is -2.09. The van der Waals surface area contributed by atoms with Crippen LogP contribution in [0.15, 0.2) is 0 Å². The Morgan fingerprint density at radius 1 is 0.667 bits per heavy atom. The fourth-order valence-corrected chi connectivity index (χ4v) is 2.82. The second-order valence-corrected chi connectivity index (χ2v) is 7.51. The first kappa shape index (κ1) is 20.3. The third-order valence-corrected chi connectivity index (χ3v) is 3.94. The number of hydrogen-bond acceptors (Lipinski definition) is 4. The van der Waals surface area contributed by atoms with E-state index in [2.05, 4.69) is 82.9 Å². The molecule has 2 aromatic heterocycles. The first-order chi connectivity index (χ1) is 11.1. The molecule has 6 nitrogen and oxygen atoms in total. The van der Waals surface area contributed by atoms with E-state index in [1.165, 1.54) is 11.4 Å². The monoisotopic (exact) mass is 334 g/mol. The molecular formula is C18H34N6. The van der Waals surface area contributed by atoms with Crippen LogP contribution in [0.5, 0.6) is 0 Å². The quantitative estimate of drug-likeness (QED) is 0.821. The van der Waals surface area contributed by atoms with Crippen LogP contribution in [0.25, 0.3) is 0 Å². The lowest BCUT2D eigenvalue weighted by Gasteiger charge is -2.12. The van der Waals surface area contributed by atoms with Crippen molar-refractivity contribution in [2.75, 3.05) is 0 Å². The highest BCUT2D eigenvalue weighted by atomic mass is 15.4. The smallest absolute Gasteiger partial charge is 0.0881 e. The third kappa shape index (κ3) is 4.65. The lowest BCUT2D eigenvalue weighted by atomic mass is 10.1. The first-order valence-electron chi connectivity index (χ1n) is 8.91. The molecule has 0 aromatic carbocycles. The molecule has 0 radical (unpaired) electrons. The maximum absolute atomic E-state index is 4.15. The fourth-order valence-electron chi connectivity index (χ4n) is 2.82. The van der Waals surface area contributed by atoms with E-state index >= 15 is 0 Å². The van der Waals surface area contributed by atoms with E-state index in [0.717, 1.165) is 11.4 Å². The first-order valence-corrected chi connectivity index (χ1v) is 8.91. The minimum atomic E-state index is 0.406. The van der Waals surface area contributed by atoms with Crippen LogP contribution in [0.2, 0.25) is 0 Å². The molecule has 0 unspecified atom stereocenters. The number of rotatable bonds is 4. The molecular weight excluding hydrogens is 300 g/mol. The molecule has 0 aliphatic carbocycles. The van der Waals surface area contributed by atoms with Crippen molar-refractivity contribution in [1.82, 2.24) is 30.0 Å². The van der Waals surface area contributed by atoms with Crippen LogP contribution in [0.3, 0.4) is 0 Å². The molecule has 0 aliphatic rings. The zero-order valence-electron chi connectivity index (χ0n) is 17.0. The molecule has 0 bridgehead atoms. The van der Waals surface area contributed by atoms with Crippen molar-refractivity contribution in [2.45, 2.75) is 93.2 Å². The summed E-state index contributed by atoms with van der Waals surface area (Å²) in [7, 11) is 0. The van der Waals surface area contributed by atoms with Gasteiger partial charge in [0.25, 0.3) is 0 Å². The van der Waals surface area contributed by atoms with Crippen molar-refractivity contribution in [2.24, 2.45) is 0 Å². The SMILES string of the molecule is Cc1c(C(C)C)nnn1C(C)C.Cc1nnn(C(C)C)c1C(C)C. The van der Waals surface area contributed by atoms with E-state index in [4.69, 9.17) is 0 Å². The summed E-state index contributed by atoms with van der Waals surface area (Å²) in [5, 5.41) is 16.4. The number of aryl methyl sites for hydroxylation is 1. The van der Waals surface area contributed by atoms with Crippen molar-refractivity contribution in [3.63, 3.8) is 0 Å². The minimum Gasteiger partial charge on any atom is -0.247 e. The second-order valence-electron chi connectivity index (χ2n) is 7.51. The highest BCUT2D eigenvalue weighted by molar-refractivity contribution is 5.13. The Morgan fingerprint density at radius 3 is 1.46 bits per heavy atom. The predicted octanol–water partition coefficient (Wildman–Crippen LogP) is 4.58. The van der Waals surface area contributed by atoms with Crippen LogP contribution in [-0.2, 0) is 0 Å². The van der Waals surface area contributed by atoms with Gasteiger partial charge in [-0.25, -0.2) is 9.36 Å². The largest absolute Gasteiger partial charge is 0.247 e. The molecule has 0 aliphatic heterocycles. The summed E-state index contributed by atoms with van der Waals surface area (Å²) in [5.41, 5.74) is 4.62. The normalized spacial score (nSPS) is 11.6. The van der Waals surface area contributed by atoms with E-state index in [1.807, 2.05) is 16.3 Å². The van der Waals surface area contributed by atoms with Gasteiger partial charge in [0.15, 0.2) is 0 Å². The summed E-state index contributed by atoms with van der Waals surface area (Å²) in [6, 6.07) is 0.814. The van der Waals surface area contributed by atoms with Crippen LogP contribution < -0.4 is 0 Å². The molecule has 2 aromatic rings. The highest BCUT2D eigenvalue weighted by Crippen LogP contribution is 2.20. The van der Waals surface area contributed by atoms with E-state index in [-0.39, 0.29) is 0 Å². The zero-order valence-corrected chi connectivity index (χ0v) is 17.0. The summed E-state index contributed by atoms with van der Waals surface area (Å²) in [4.78, 5) is 0. The average molecular weight is 335 g/mol. The van der Waals surface area contributed by atoms with Crippen LogP contribution in [-0.4, -0.2) is 30.0 Å². The van der Waals surface area contributed by atoms with Gasteiger partial charge in [-0.2, -0.15) is 0 Å². The summed E-state index contributed by atoms with van der Waals surface area (Å²) in [6.45, 7) is 21.2. The Morgan fingerprint density at radius 2 is 1.17 bits per heavy atom. The van der Waals surface area contributed by atoms with Crippen molar-refractivity contribution in [1.29, 1.82) is 0 Å². The maximum Gasteiger partial charge on any atom is 0.0881 e. The van der Waals surface area contributed by atoms with E-state index in [9.17, 15) is 0 Å². The molecule has 2 rings (SSSR count). The molecule has 0 saturated carbocycles. The number of nitrogens with zero attached hydrogens (tertiary/aromatic N) is 6. The van der Waals surface area contributed by atoms with E-state index in [0.29, 0.717) is 23.9 Å². The summed E-state index contributed by atoms with van der Waals surface area (Å²) in [6.07, 6.45) is 0. The highest BCUT2D eigenvalue weighted by Gasteiger charge is 2.14. The molecule has 2 heterocycles. The maximum atomic E-state index is 4.15. The van der Waals surface area contributed by atoms with Crippen LogP contribution in [0.4, 0.5) is 0 Å². The molecule has 0 saturated heterocycles. The summed E-state index contributed by atoms with van der Waals surface area (Å²) >= 11 is 0. The molecule has 24 heavy (non-hydrogen) atoms. The Balaban J connectivity index is 0.000000240. The Hall–Kier alpha value is -1.72. The van der Waals surface area contributed by atoms with Gasteiger partial charge in [-0.15, -0.1) is 10.2 Å². The molecule has 0 spiro atoms. The summed E-state index contributed by atoms with van der Waals surface area (Å²) < 4.78 is 3.97. The molecule has 0 N–H and O–H groups in total. The lowest BCUT2D eigenvalue weighted by molar-refractivity contribution is 0.484. The van der Waals surface area contributed by atoms with Gasteiger partial charge in [0.2, 0.25) is 0 Å². The van der Waals surface area contributed by atoms with Gasteiger partial charge in [0, 0.05) is 12.1 Å². The van der Waals surface area contributed by atoms with Gasteiger partial charge >= 0.3 is 0 Å².